The van der Waals surface area contributed by atoms with Crippen LogP contribution in [0.3, 0.4) is 0 Å². The summed E-state index contributed by atoms with van der Waals surface area (Å²) in [6.45, 7) is 2.48. The maximum atomic E-state index is 13.0. The number of thioether (sulfide) groups is 1. The molecule has 2 aromatic carbocycles. The summed E-state index contributed by atoms with van der Waals surface area (Å²) in [7, 11) is 0. The van der Waals surface area contributed by atoms with E-state index < -0.39 is 11.2 Å². The second-order valence-electron chi connectivity index (χ2n) is 6.58. The summed E-state index contributed by atoms with van der Waals surface area (Å²) in [5.74, 6) is -0.627. The number of aromatic nitrogens is 1. The third-order valence-electron chi connectivity index (χ3n) is 4.42. The Bertz CT molecular complexity index is 1110. The van der Waals surface area contributed by atoms with E-state index in [2.05, 4.69) is 9.98 Å². The van der Waals surface area contributed by atoms with Gasteiger partial charge >= 0.3 is 5.97 Å². The smallest absolute Gasteiger partial charge is 0.305 e. The van der Waals surface area contributed by atoms with E-state index in [1.54, 1.807) is 24.3 Å². The van der Waals surface area contributed by atoms with E-state index >= 15 is 0 Å². The third-order valence-corrected chi connectivity index (χ3v) is 6.38. The quantitative estimate of drug-likeness (QED) is 0.551. The summed E-state index contributed by atoms with van der Waals surface area (Å²) in [6, 6.07) is 16.9. The number of aliphatic imine (C=N–C) groups is 1. The van der Waals surface area contributed by atoms with E-state index in [4.69, 9.17) is 4.74 Å². The molecule has 1 atom stereocenters. The fourth-order valence-electron chi connectivity index (χ4n) is 3.01. The number of carbonyl (C=O) groups is 2. The summed E-state index contributed by atoms with van der Waals surface area (Å²) < 4.78 is 5.45. The molecule has 1 aliphatic heterocycles. The molecular weight excluding hydrogens is 434 g/mol. The summed E-state index contributed by atoms with van der Waals surface area (Å²) in [6.07, 6.45) is -0.279. The van der Waals surface area contributed by atoms with Crippen LogP contribution in [0.4, 0.5) is 10.8 Å². The summed E-state index contributed by atoms with van der Waals surface area (Å²) >= 11 is 2.47. The van der Waals surface area contributed by atoms with Crippen LogP contribution in [-0.4, -0.2) is 39.0 Å². The van der Waals surface area contributed by atoms with Crippen LogP contribution in [0.25, 0.3) is 11.3 Å². The lowest BCUT2D eigenvalue weighted by molar-refractivity contribution is -0.138. The van der Waals surface area contributed by atoms with Crippen LogP contribution in [0.15, 0.2) is 65.0 Å². The van der Waals surface area contributed by atoms with Crippen molar-refractivity contribution in [3.8, 4) is 17.0 Å². The molecule has 1 amide bonds. The number of ether oxygens (including phenoxy) is 1. The van der Waals surface area contributed by atoms with E-state index in [-0.39, 0.29) is 12.3 Å². The van der Waals surface area contributed by atoms with Crippen molar-refractivity contribution >= 4 is 51.0 Å². The zero-order chi connectivity index (χ0) is 21.8. The van der Waals surface area contributed by atoms with Gasteiger partial charge in [-0.1, -0.05) is 42.1 Å². The predicted molar refractivity (Wildman–Crippen MR) is 123 cm³/mol. The van der Waals surface area contributed by atoms with E-state index in [0.29, 0.717) is 22.6 Å². The SMILES string of the molecule is CCOc1ccc(N=C2SC(CC(=O)O)C(=O)N2c2nc(-c3ccccc3)cs2)cc1. The zero-order valence-corrected chi connectivity index (χ0v) is 18.2. The number of aliphatic carboxylic acids is 1. The number of thiazole rings is 1. The summed E-state index contributed by atoms with van der Waals surface area (Å²) in [5, 5.41) is 11.2. The maximum absolute atomic E-state index is 13.0. The molecule has 4 rings (SSSR count). The van der Waals surface area contributed by atoms with Crippen molar-refractivity contribution in [2.75, 3.05) is 11.5 Å². The molecule has 1 fully saturated rings. The average molecular weight is 454 g/mol. The lowest BCUT2D eigenvalue weighted by Crippen LogP contribution is -2.32. The molecule has 1 aromatic heterocycles. The standard InChI is InChI=1S/C22H19N3O4S2/c1-2-29-16-10-8-15(9-11-16)23-22-25(20(28)18(31-22)12-19(26)27)21-24-17(13-30-21)14-6-4-3-5-7-14/h3-11,13,18H,2,12H2,1H3,(H,26,27). The molecule has 31 heavy (non-hydrogen) atoms. The molecule has 1 N–H and O–H groups in total. The van der Waals surface area contributed by atoms with Crippen molar-refractivity contribution in [1.82, 2.24) is 4.98 Å². The number of anilines is 1. The van der Waals surface area contributed by atoms with Crippen LogP contribution in [0.5, 0.6) is 5.75 Å². The highest BCUT2D eigenvalue weighted by molar-refractivity contribution is 8.16. The van der Waals surface area contributed by atoms with E-state index in [9.17, 15) is 14.7 Å². The van der Waals surface area contributed by atoms with Gasteiger partial charge in [0.15, 0.2) is 10.3 Å². The van der Waals surface area contributed by atoms with Gasteiger partial charge in [-0.15, -0.1) is 11.3 Å². The van der Waals surface area contributed by atoms with Gasteiger partial charge in [0.2, 0.25) is 5.91 Å². The molecule has 0 spiro atoms. The highest BCUT2D eigenvalue weighted by Gasteiger charge is 2.41. The maximum Gasteiger partial charge on any atom is 0.305 e. The van der Waals surface area contributed by atoms with Gasteiger partial charge in [-0.2, -0.15) is 0 Å². The van der Waals surface area contributed by atoms with Crippen LogP contribution in [-0.2, 0) is 9.59 Å². The molecule has 1 unspecified atom stereocenters. The normalized spacial score (nSPS) is 17.3. The monoisotopic (exact) mass is 453 g/mol. The number of hydrogen-bond donors (Lipinski definition) is 1. The van der Waals surface area contributed by atoms with Crippen LogP contribution in [0.1, 0.15) is 13.3 Å². The molecule has 1 aliphatic rings. The number of rotatable bonds is 7. The molecule has 0 bridgehead atoms. The minimum absolute atomic E-state index is 0.279. The Kier molecular flexibility index (Phi) is 6.34. The number of hydrogen-bond acceptors (Lipinski definition) is 7. The largest absolute Gasteiger partial charge is 0.494 e. The van der Waals surface area contributed by atoms with Crippen molar-refractivity contribution in [1.29, 1.82) is 0 Å². The van der Waals surface area contributed by atoms with Gasteiger partial charge in [-0.3, -0.25) is 9.59 Å². The van der Waals surface area contributed by atoms with E-state index in [1.807, 2.05) is 42.6 Å². The van der Waals surface area contributed by atoms with Gasteiger partial charge in [0.05, 0.1) is 24.4 Å². The highest BCUT2D eigenvalue weighted by atomic mass is 32.2. The van der Waals surface area contributed by atoms with Gasteiger partial charge in [-0.05, 0) is 31.2 Å². The molecule has 158 valence electrons. The number of carbonyl (C=O) groups excluding carboxylic acids is 1. The predicted octanol–water partition coefficient (Wildman–Crippen LogP) is 4.82. The molecule has 0 saturated carbocycles. The Morgan fingerprint density at radius 2 is 1.94 bits per heavy atom. The Morgan fingerprint density at radius 1 is 1.19 bits per heavy atom. The minimum atomic E-state index is -1.03. The Labute approximate surface area is 187 Å². The van der Waals surface area contributed by atoms with Crippen molar-refractivity contribution in [2.24, 2.45) is 4.99 Å². The van der Waals surface area contributed by atoms with Crippen LogP contribution in [0, 0.1) is 0 Å². The van der Waals surface area contributed by atoms with Crippen LogP contribution in [0.2, 0.25) is 0 Å². The Balaban J connectivity index is 1.67. The average Bonchev–Trinajstić information content (AvgIpc) is 3.35. The number of benzene rings is 2. The first-order chi connectivity index (χ1) is 15.0. The summed E-state index contributed by atoms with van der Waals surface area (Å²) in [4.78, 5) is 34.9. The lowest BCUT2D eigenvalue weighted by Gasteiger charge is -2.12. The van der Waals surface area contributed by atoms with Gasteiger partial charge in [-0.25, -0.2) is 14.9 Å². The lowest BCUT2D eigenvalue weighted by atomic mass is 10.2. The fourth-order valence-corrected chi connectivity index (χ4v) is 5.03. The molecular formula is C22H19N3O4S2. The number of nitrogens with zero attached hydrogens (tertiary/aromatic N) is 3. The van der Waals surface area contributed by atoms with Gasteiger partial charge in [0.25, 0.3) is 0 Å². The zero-order valence-electron chi connectivity index (χ0n) is 16.6. The van der Waals surface area contributed by atoms with Crippen molar-refractivity contribution in [3.63, 3.8) is 0 Å². The Hall–Kier alpha value is -3.17. The first-order valence-corrected chi connectivity index (χ1v) is 11.4. The first-order valence-electron chi connectivity index (χ1n) is 9.60. The molecule has 9 heteroatoms. The van der Waals surface area contributed by atoms with Crippen molar-refractivity contribution < 1.29 is 19.4 Å². The molecule has 0 radical (unpaired) electrons. The number of carboxylic acid groups (broad SMARTS) is 1. The molecule has 3 aromatic rings. The molecule has 0 aliphatic carbocycles. The highest BCUT2D eigenvalue weighted by Crippen LogP contribution is 2.38. The minimum Gasteiger partial charge on any atom is -0.494 e. The van der Waals surface area contributed by atoms with Gasteiger partial charge in [0.1, 0.15) is 11.0 Å². The first kappa shape index (κ1) is 21.1. The van der Waals surface area contributed by atoms with Crippen molar-refractivity contribution in [2.45, 2.75) is 18.6 Å². The molecule has 7 nitrogen and oxygen atoms in total. The van der Waals surface area contributed by atoms with Crippen molar-refractivity contribution in [3.05, 3.63) is 60.0 Å². The van der Waals surface area contributed by atoms with E-state index in [0.717, 1.165) is 28.8 Å². The Morgan fingerprint density at radius 3 is 2.61 bits per heavy atom. The number of amides is 1. The van der Waals surface area contributed by atoms with Gasteiger partial charge in [0, 0.05) is 10.9 Å². The summed E-state index contributed by atoms with van der Waals surface area (Å²) in [5.41, 5.74) is 2.33. The van der Waals surface area contributed by atoms with Gasteiger partial charge < -0.3 is 9.84 Å². The third kappa shape index (κ3) is 4.78. The topological polar surface area (TPSA) is 92.1 Å². The molecule has 2 heterocycles. The second-order valence-corrected chi connectivity index (χ2v) is 8.59. The molecule has 1 saturated heterocycles. The fraction of sp³-hybridized carbons (Fsp3) is 0.182. The number of carboxylic acids is 1. The van der Waals surface area contributed by atoms with Crippen LogP contribution >= 0.6 is 23.1 Å². The van der Waals surface area contributed by atoms with Crippen LogP contribution < -0.4 is 9.64 Å². The number of amidine groups is 1. The van der Waals surface area contributed by atoms with E-state index in [1.165, 1.54) is 16.2 Å². The second kappa shape index (κ2) is 9.32.